The van der Waals surface area contributed by atoms with Gasteiger partial charge in [0.1, 0.15) is 50.0 Å². The van der Waals surface area contributed by atoms with Crippen LogP contribution in [0.2, 0.25) is 0 Å². The number of nitrogen functional groups attached to an aromatic ring is 1. The number of allylic oxidation sites excluding steroid dienone is 9. The van der Waals surface area contributed by atoms with Crippen LogP contribution in [0, 0.1) is 0 Å². The van der Waals surface area contributed by atoms with Gasteiger partial charge in [-0.3, -0.25) is 39.8 Å². The second-order valence-corrected chi connectivity index (χ2v) is 18.2. The molecule has 0 heterocycles. The first-order chi connectivity index (χ1) is 34.0. The highest BCUT2D eigenvalue weighted by atomic mass is 32.2. The number of azo groups is 1. The summed E-state index contributed by atoms with van der Waals surface area (Å²) in [5, 5.41) is 79.9. The number of phenols is 4. The predicted molar refractivity (Wildman–Crippen MR) is 262 cm³/mol. The number of carbonyl (C=O) groups is 3. The number of rotatable bonds is 12. The molecular formula is C46H33N9O15S2. The van der Waals surface area contributed by atoms with E-state index < -0.39 is 87.1 Å². The summed E-state index contributed by atoms with van der Waals surface area (Å²) in [5.41, 5.74) is 11.4. The van der Waals surface area contributed by atoms with Crippen LogP contribution in [-0.2, 0) is 29.8 Å². The third kappa shape index (κ3) is 10.4. The lowest BCUT2D eigenvalue weighted by molar-refractivity contribution is -0.109. The van der Waals surface area contributed by atoms with Crippen molar-refractivity contribution in [3.05, 3.63) is 154 Å². The molecule has 5 aromatic rings. The molecule has 0 saturated carbocycles. The van der Waals surface area contributed by atoms with Crippen LogP contribution in [-0.4, -0.2) is 91.1 Å². The number of aliphatic hydroxyl groups excluding tert-OH is 2. The first kappa shape index (κ1) is 48.7. The van der Waals surface area contributed by atoms with Gasteiger partial charge < -0.3 is 36.4 Å². The number of phenolic OH excluding ortho intramolecular Hbond substituents is 4. The van der Waals surface area contributed by atoms with E-state index in [1.807, 2.05) is 0 Å². The number of Topliss-reactive ketones (excluding diaryl/α,β-unsaturated/α-hetero) is 1. The van der Waals surface area contributed by atoms with Gasteiger partial charge in [0.15, 0.2) is 17.1 Å². The number of aromatic hydroxyl groups is 4. The molecule has 26 heteroatoms. The summed E-state index contributed by atoms with van der Waals surface area (Å²) in [7, 11) is -10.5. The molecule has 0 radical (unpaired) electrons. The molecule has 0 saturated heterocycles. The smallest absolute Gasteiger partial charge is 0.296 e. The van der Waals surface area contributed by atoms with Gasteiger partial charge in [0.25, 0.3) is 20.2 Å². The molecule has 24 nitrogen and oxygen atoms in total. The molecule has 8 rings (SSSR count). The molecule has 72 heavy (non-hydrogen) atoms. The summed E-state index contributed by atoms with van der Waals surface area (Å²) in [4.78, 5) is 37.6. The molecule has 0 aromatic heterocycles. The molecule has 0 spiro atoms. The van der Waals surface area contributed by atoms with E-state index in [0.29, 0.717) is 12.1 Å². The normalized spacial score (nSPS) is 16.8. The highest BCUT2D eigenvalue weighted by Crippen LogP contribution is 2.41. The third-order valence-electron chi connectivity index (χ3n) is 10.3. The lowest BCUT2D eigenvalue weighted by Gasteiger charge is -2.20. The van der Waals surface area contributed by atoms with Gasteiger partial charge in [0, 0.05) is 12.1 Å². The van der Waals surface area contributed by atoms with E-state index in [0.717, 1.165) is 24.3 Å². The molecule has 364 valence electrons. The third-order valence-corrected chi connectivity index (χ3v) is 12.1. The zero-order chi connectivity index (χ0) is 51.8. The van der Waals surface area contributed by atoms with Crippen molar-refractivity contribution in [3.8, 4) is 23.0 Å². The second-order valence-electron chi connectivity index (χ2n) is 15.4. The first-order valence-electron chi connectivity index (χ1n) is 20.2. The summed E-state index contributed by atoms with van der Waals surface area (Å²) in [6.45, 7) is 0. The minimum Gasteiger partial charge on any atom is -0.508 e. The van der Waals surface area contributed by atoms with Crippen molar-refractivity contribution in [2.75, 3.05) is 22.0 Å². The van der Waals surface area contributed by atoms with Crippen LogP contribution in [0.4, 0.5) is 34.1 Å². The molecule has 0 aliphatic heterocycles. The van der Waals surface area contributed by atoms with Gasteiger partial charge in [0.05, 0.1) is 34.0 Å². The molecule has 5 aromatic carbocycles. The van der Waals surface area contributed by atoms with Gasteiger partial charge in [-0.05, 0) is 137 Å². The Morgan fingerprint density at radius 3 is 1.31 bits per heavy atom. The Bertz CT molecular complexity index is 3690. The van der Waals surface area contributed by atoms with E-state index in [-0.39, 0.29) is 79.4 Å². The zero-order valence-corrected chi connectivity index (χ0v) is 37.7. The monoisotopic (exact) mass is 1020 g/mol. The summed E-state index contributed by atoms with van der Waals surface area (Å²) >= 11 is 0. The van der Waals surface area contributed by atoms with E-state index in [1.54, 1.807) is 0 Å². The lowest BCUT2D eigenvalue weighted by Crippen LogP contribution is -2.28. The number of anilines is 4. The minimum atomic E-state index is -5.26. The highest BCUT2D eigenvalue weighted by molar-refractivity contribution is 7.91. The van der Waals surface area contributed by atoms with E-state index in [2.05, 4.69) is 41.8 Å². The summed E-state index contributed by atoms with van der Waals surface area (Å²) in [6.07, 6.45) is 5.37. The number of hydrogen-bond donors (Lipinski definition) is 12. The Hall–Kier alpha value is -9.76. The van der Waals surface area contributed by atoms with E-state index in [1.165, 1.54) is 84.9 Å². The Balaban J connectivity index is 0.993. The number of nitrogens with two attached hydrogens (primary N) is 1. The maximum atomic E-state index is 14.0. The van der Waals surface area contributed by atoms with E-state index >= 15 is 0 Å². The molecule has 3 aliphatic rings. The van der Waals surface area contributed by atoms with Crippen molar-refractivity contribution >= 4 is 106 Å². The average Bonchev–Trinajstić information content (AvgIpc) is 3.29. The van der Waals surface area contributed by atoms with Crippen molar-refractivity contribution in [2.24, 2.45) is 25.5 Å². The van der Waals surface area contributed by atoms with Crippen LogP contribution >= 0.6 is 0 Å². The van der Waals surface area contributed by atoms with Crippen LogP contribution in [0.5, 0.6) is 23.0 Å². The molecule has 0 bridgehead atoms. The standard InChI is InChI=1S/C46H33N9O15S2/c47-41-40-25(17-38(71(65,66)67)44(41)54-50-28-5-1-26(2-6-28)48-52-42-34(60)13-23(14-35(42)61)21-9-30(56)19-31(57)10-21)18-39(72(68,69)70)45(46(40)64)55-51-29-7-3-27(4-8-29)49-53-43-36(62)15-24(16-37(43)63)22-11-32(58)20-33(59)12-22/h1-20,48-49,51,56-60,62H,47H2,(H,65,66,67)(H,68,69,70)/b52-42+,53-43-,54-50?,55-45+. The topological polar surface area (TPSA) is 405 Å². The number of ketones is 3. The quantitative estimate of drug-likeness (QED) is 0.0211. The molecule has 0 amide bonds. The van der Waals surface area contributed by atoms with Crippen molar-refractivity contribution in [2.45, 2.75) is 4.90 Å². The largest absolute Gasteiger partial charge is 0.508 e. The van der Waals surface area contributed by atoms with Crippen LogP contribution in [0.1, 0.15) is 27.0 Å². The van der Waals surface area contributed by atoms with Gasteiger partial charge in [-0.15, -0.1) is 5.11 Å². The summed E-state index contributed by atoms with van der Waals surface area (Å²) in [6, 6.07) is 19.0. The van der Waals surface area contributed by atoms with Crippen LogP contribution in [0.3, 0.4) is 0 Å². The molecule has 3 aliphatic carbocycles. The fourth-order valence-electron chi connectivity index (χ4n) is 7.06. The minimum absolute atomic E-state index is 0.0437. The van der Waals surface area contributed by atoms with Crippen molar-refractivity contribution in [3.63, 3.8) is 0 Å². The number of fused-ring (bicyclic) bond motifs is 1. The Morgan fingerprint density at radius 2 is 0.903 bits per heavy atom. The molecule has 13 N–H and O–H groups in total. The Morgan fingerprint density at radius 1 is 0.486 bits per heavy atom. The predicted octanol–water partition coefficient (Wildman–Crippen LogP) is 6.40. The fourth-order valence-corrected chi connectivity index (χ4v) is 8.39. The van der Waals surface area contributed by atoms with E-state index in [4.69, 9.17) is 5.73 Å². The summed E-state index contributed by atoms with van der Waals surface area (Å²) in [5.74, 6) is -4.79. The van der Waals surface area contributed by atoms with Crippen molar-refractivity contribution < 1.29 is 71.0 Å². The first-order valence-corrected chi connectivity index (χ1v) is 23.1. The zero-order valence-electron chi connectivity index (χ0n) is 36.1. The van der Waals surface area contributed by atoms with Gasteiger partial charge in [-0.2, -0.15) is 37.3 Å². The fraction of sp³-hybridized carbons (Fsp3) is 0. The number of hydrazone groups is 3. The van der Waals surface area contributed by atoms with Gasteiger partial charge >= 0.3 is 0 Å². The number of aliphatic hydroxyl groups is 2. The van der Waals surface area contributed by atoms with Crippen molar-refractivity contribution in [1.82, 2.24) is 0 Å². The van der Waals surface area contributed by atoms with E-state index in [9.17, 15) is 71.0 Å². The van der Waals surface area contributed by atoms with Gasteiger partial charge in [0.2, 0.25) is 17.3 Å². The maximum Gasteiger partial charge on any atom is 0.296 e. The number of carbonyl (C=O) groups excluding carboxylic acids is 3. The Kier molecular flexibility index (Phi) is 12.8. The molecule has 0 fully saturated rings. The number of nitrogens with one attached hydrogen (secondary N) is 3. The van der Waals surface area contributed by atoms with Crippen LogP contribution < -0.4 is 22.0 Å². The summed E-state index contributed by atoms with van der Waals surface area (Å²) < 4.78 is 70.6. The highest BCUT2D eigenvalue weighted by Gasteiger charge is 2.37. The lowest BCUT2D eigenvalue weighted by atomic mass is 9.92. The molecular weight excluding hydrogens is 983 g/mol. The molecule has 0 atom stereocenters. The second kappa shape index (κ2) is 19.0. The van der Waals surface area contributed by atoms with Gasteiger partial charge in [-0.25, -0.2) is 0 Å². The number of nitrogens with zero attached hydrogens (tertiary/aromatic N) is 5. The van der Waals surface area contributed by atoms with Crippen LogP contribution in [0.15, 0.2) is 162 Å². The number of hydrogen-bond acceptors (Lipinski definition) is 22. The maximum absolute atomic E-state index is 14.0. The molecule has 0 unspecified atom stereocenters. The average molecular weight is 1020 g/mol. The van der Waals surface area contributed by atoms with Gasteiger partial charge in [-0.1, -0.05) is 0 Å². The Labute approximate surface area is 405 Å². The number of benzene rings is 5. The van der Waals surface area contributed by atoms with Crippen molar-refractivity contribution in [1.29, 1.82) is 0 Å². The SMILES string of the molecule is Nc1c(N=Nc2ccc(N/N=C3/C(=O)C=C(c4cc(O)cc(O)c4)C=C3O)cc2)c(S(=O)(=O)O)cc2c1C(=O)/C(=N/Nc1ccc(N/N=C3\C(=O)C=C(c4cc(O)cc(O)c4)C=C3O)cc1)C(S(=O)(=O)O)=C2. The van der Waals surface area contributed by atoms with Crippen LogP contribution in [0.25, 0.3) is 17.2 Å².